The maximum absolute atomic E-state index is 9.23. The first-order valence-electron chi connectivity index (χ1n) is 6.58. The number of aliphatic hydroxyl groups is 1. The maximum atomic E-state index is 9.23. The molecule has 1 fully saturated rings. The van der Waals surface area contributed by atoms with Crippen LogP contribution in [0, 0.1) is 0 Å². The highest BCUT2D eigenvalue weighted by Crippen LogP contribution is 2.25. The van der Waals surface area contributed by atoms with Crippen molar-refractivity contribution in [1.82, 2.24) is 5.32 Å². The second kappa shape index (κ2) is 6.41. The van der Waals surface area contributed by atoms with E-state index in [4.69, 9.17) is 11.6 Å². The molecule has 2 rings (SSSR count). The van der Waals surface area contributed by atoms with Gasteiger partial charge >= 0.3 is 0 Å². The van der Waals surface area contributed by atoms with Crippen molar-refractivity contribution in [2.24, 2.45) is 0 Å². The second-order valence-electron chi connectivity index (χ2n) is 4.89. The van der Waals surface area contributed by atoms with Gasteiger partial charge in [-0.1, -0.05) is 11.6 Å². The smallest absolute Gasteiger partial charge is 0.0451 e. The molecule has 1 aliphatic rings. The van der Waals surface area contributed by atoms with Gasteiger partial charge in [0.15, 0.2) is 0 Å². The van der Waals surface area contributed by atoms with E-state index >= 15 is 0 Å². The summed E-state index contributed by atoms with van der Waals surface area (Å²) >= 11 is 5.95. The number of rotatable bonds is 3. The summed E-state index contributed by atoms with van der Waals surface area (Å²) in [7, 11) is 0. The molecule has 1 aliphatic heterocycles. The monoisotopic (exact) mass is 268 g/mol. The molecule has 2 atom stereocenters. The van der Waals surface area contributed by atoms with E-state index in [2.05, 4.69) is 29.3 Å². The molecule has 0 spiro atoms. The molecule has 4 heteroatoms. The molecule has 0 saturated carbocycles. The Labute approximate surface area is 114 Å². The van der Waals surface area contributed by atoms with Crippen LogP contribution in [0.4, 0.5) is 5.69 Å². The van der Waals surface area contributed by atoms with Gasteiger partial charge in [-0.05, 0) is 50.6 Å². The van der Waals surface area contributed by atoms with E-state index in [0.29, 0.717) is 12.1 Å². The van der Waals surface area contributed by atoms with Crippen LogP contribution in [0.2, 0.25) is 5.02 Å². The first-order valence-corrected chi connectivity index (χ1v) is 6.95. The van der Waals surface area contributed by atoms with Crippen LogP contribution in [0.5, 0.6) is 0 Å². The Hall–Kier alpha value is -0.770. The highest BCUT2D eigenvalue weighted by molar-refractivity contribution is 6.30. The van der Waals surface area contributed by atoms with Gasteiger partial charge in [0.05, 0.1) is 0 Å². The fraction of sp³-hybridized carbons (Fsp3) is 0.571. The van der Waals surface area contributed by atoms with Crippen molar-refractivity contribution in [2.75, 3.05) is 24.6 Å². The molecule has 3 nitrogen and oxygen atoms in total. The fourth-order valence-corrected chi connectivity index (χ4v) is 2.77. The summed E-state index contributed by atoms with van der Waals surface area (Å²) in [5.74, 6) is 0. The molecule has 2 unspecified atom stereocenters. The van der Waals surface area contributed by atoms with Crippen molar-refractivity contribution < 1.29 is 5.11 Å². The molecule has 0 aromatic heterocycles. The fourth-order valence-electron chi connectivity index (χ4n) is 2.65. The first kappa shape index (κ1) is 13.7. The maximum Gasteiger partial charge on any atom is 0.0451 e. The van der Waals surface area contributed by atoms with Crippen LogP contribution in [-0.4, -0.2) is 36.9 Å². The van der Waals surface area contributed by atoms with Gasteiger partial charge in [-0.15, -0.1) is 0 Å². The summed E-state index contributed by atoms with van der Waals surface area (Å²) in [6.45, 7) is 4.43. The summed E-state index contributed by atoms with van der Waals surface area (Å²) in [4.78, 5) is 2.41. The molecule has 1 heterocycles. The normalized spacial score (nSPS) is 24.9. The van der Waals surface area contributed by atoms with Gasteiger partial charge in [-0.25, -0.2) is 0 Å². The number of benzene rings is 1. The van der Waals surface area contributed by atoms with E-state index in [1.54, 1.807) is 0 Å². The lowest BCUT2D eigenvalue weighted by Gasteiger charge is -2.36. The highest BCUT2D eigenvalue weighted by atomic mass is 35.5. The molecule has 18 heavy (non-hydrogen) atoms. The van der Waals surface area contributed by atoms with E-state index in [9.17, 15) is 5.11 Å². The van der Waals surface area contributed by atoms with Gasteiger partial charge in [0.25, 0.3) is 0 Å². The average Bonchev–Trinajstić information content (AvgIpc) is 2.53. The molecule has 1 aromatic rings. The molecule has 1 aromatic carbocycles. The van der Waals surface area contributed by atoms with Crippen LogP contribution in [0.1, 0.15) is 19.8 Å². The minimum Gasteiger partial charge on any atom is -0.396 e. The number of hydrogen-bond acceptors (Lipinski definition) is 3. The van der Waals surface area contributed by atoms with Crippen molar-refractivity contribution in [2.45, 2.75) is 31.8 Å². The third-order valence-electron chi connectivity index (χ3n) is 3.57. The van der Waals surface area contributed by atoms with E-state index in [-0.39, 0.29) is 6.61 Å². The van der Waals surface area contributed by atoms with Crippen molar-refractivity contribution in [3.8, 4) is 0 Å². The zero-order valence-electron chi connectivity index (χ0n) is 10.8. The van der Waals surface area contributed by atoms with Crippen LogP contribution in [0.15, 0.2) is 24.3 Å². The lowest BCUT2D eigenvalue weighted by atomic mass is 10.1. The minimum absolute atomic E-state index is 0.225. The van der Waals surface area contributed by atoms with Gasteiger partial charge in [0.2, 0.25) is 0 Å². The van der Waals surface area contributed by atoms with Crippen LogP contribution >= 0.6 is 11.6 Å². The lowest BCUT2D eigenvalue weighted by molar-refractivity contribution is 0.271. The number of halogens is 1. The van der Waals surface area contributed by atoms with Crippen LogP contribution < -0.4 is 10.2 Å². The molecule has 0 aliphatic carbocycles. The largest absolute Gasteiger partial charge is 0.396 e. The van der Waals surface area contributed by atoms with Gasteiger partial charge in [0.1, 0.15) is 0 Å². The number of aliphatic hydroxyl groups excluding tert-OH is 1. The van der Waals surface area contributed by atoms with Crippen molar-refractivity contribution in [3.05, 3.63) is 29.3 Å². The summed E-state index contributed by atoms with van der Waals surface area (Å²) in [5, 5.41) is 13.4. The Morgan fingerprint density at radius 2 is 2.11 bits per heavy atom. The molecule has 100 valence electrons. The van der Waals surface area contributed by atoms with E-state index in [0.717, 1.165) is 31.0 Å². The standard InChI is InChI=1S/C14H21ClN2O/c1-11-6-8-16-10-14(7-9-18)17(11)13-4-2-12(15)3-5-13/h2-5,11,14,16,18H,6-10H2,1H3. The Balaban J connectivity index is 2.24. The highest BCUT2D eigenvalue weighted by Gasteiger charge is 2.25. The minimum atomic E-state index is 0.225. The quantitative estimate of drug-likeness (QED) is 0.883. The Morgan fingerprint density at radius 3 is 2.78 bits per heavy atom. The Bertz CT molecular complexity index is 369. The summed E-state index contributed by atoms with van der Waals surface area (Å²) < 4.78 is 0. The van der Waals surface area contributed by atoms with Crippen molar-refractivity contribution >= 4 is 17.3 Å². The number of hydrogen-bond donors (Lipinski definition) is 2. The van der Waals surface area contributed by atoms with E-state index < -0.39 is 0 Å². The zero-order valence-corrected chi connectivity index (χ0v) is 11.5. The molecule has 0 bridgehead atoms. The molecular formula is C14H21ClN2O. The van der Waals surface area contributed by atoms with E-state index in [1.165, 1.54) is 5.69 Å². The SMILES string of the molecule is CC1CCNCC(CCO)N1c1ccc(Cl)cc1. The number of nitrogens with zero attached hydrogens (tertiary/aromatic N) is 1. The van der Waals surface area contributed by atoms with Gasteiger partial charge in [-0.2, -0.15) is 0 Å². The van der Waals surface area contributed by atoms with Crippen LogP contribution in [-0.2, 0) is 0 Å². The van der Waals surface area contributed by atoms with Crippen molar-refractivity contribution in [3.63, 3.8) is 0 Å². The molecule has 2 N–H and O–H groups in total. The van der Waals surface area contributed by atoms with Crippen molar-refractivity contribution in [1.29, 1.82) is 0 Å². The molecule has 1 saturated heterocycles. The molecular weight excluding hydrogens is 248 g/mol. The molecule has 0 radical (unpaired) electrons. The lowest BCUT2D eigenvalue weighted by Crippen LogP contribution is -2.44. The zero-order chi connectivity index (χ0) is 13.0. The third-order valence-corrected chi connectivity index (χ3v) is 3.83. The predicted molar refractivity (Wildman–Crippen MR) is 76.4 cm³/mol. The number of anilines is 1. The summed E-state index contributed by atoms with van der Waals surface area (Å²) in [5.41, 5.74) is 1.19. The second-order valence-corrected chi connectivity index (χ2v) is 5.33. The summed E-state index contributed by atoms with van der Waals surface area (Å²) in [6, 6.07) is 8.80. The van der Waals surface area contributed by atoms with Gasteiger partial charge in [-0.3, -0.25) is 0 Å². The molecule has 0 amide bonds. The van der Waals surface area contributed by atoms with Crippen LogP contribution in [0.3, 0.4) is 0 Å². The Kier molecular flexibility index (Phi) is 4.87. The number of nitrogens with one attached hydrogen (secondary N) is 1. The van der Waals surface area contributed by atoms with Gasteiger partial charge in [0, 0.05) is 35.9 Å². The van der Waals surface area contributed by atoms with Gasteiger partial charge < -0.3 is 15.3 Å². The Morgan fingerprint density at radius 1 is 1.39 bits per heavy atom. The predicted octanol–water partition coefficient (Wildman–Crippen LogP) is 2.28. The first-order chi connectivity index (χ1) is 8.72. The van der Waals surface area contributed by atoms with Crippen LogP contribution in [0.25, 0.3) is 0 Å². The summed E-state index contributed by atoms with van der Waals surface area (Å²) in [6.07, 6.45) is 1.91. The third kappa shape index (κ3) is 3.16. The topological polar surface area (TPSA) is 35.5 Å². The van der Waals surface area contributed by atoms with E-state index in [1.807, 2.05) is 12.1 Å². The average molecular weight is 269 g/mol.